The van der Waals surface area contributed by atoms with E-state index in [1.54, 1.807) is 12.1 Å². The summed E-state index contributed by atoms with van der Waals surface area (Å²) >= 11 is 0. The zero-order chi connectivity index (χ0) is 24.5. The molecule has 0 saturated carbocycles. The summed E-state index contributed by atoms with van der Waals surface area (Å²) in [5, 5.41) is 0. The number of rotatable bonds is 10. The molecule has 0 aromatic heterocycles. The van der Waals surface area contributed by atoms with Gasteiger partial charge in [-0.1, -0.05) is 0 Å². The average Bonchev–Trinajstić information content (AvgIpc) is 3.63. The van der Waals surface area contributed by atoms with Crippen LogP contribution in [0.4, 0.5) is 11.4 Å². The minimum atomic E-state index is -3.90. The molecule has 9 heteroatoms. The van der Waals surface area contributed by atoms with Crippen LogP contribution in [-0.2, 0) is 54.5 Å². The van der Waals surface area contributed by atoms with Crippen molar-refractivity contribution in [3.8, 4) is 0 Å². The molecule has 0 amide bonds. The first-order chi connectivity index (χ1) is 16.7. The molecule has 4 aliphatic heterocycles. The largest absolute Gasteiger partial charge is 0.398 e. The fourth-order valence-electron chi connectivity index (χ4n) is 5.14. The van der Waals surface area contributed by atoms with Crippen LogP contribution < -0.4 is 11.5 Å². The molecule has 2 aromatic carbocycles. The lowest BCUT2D eigenvalue weighted by atomic mass is 9.89. The van der Waals surface area contributed by atoms with E-state index in [2.05, 4.69) is 0 Å². The number of hydrogen-bond acceptors (Lipinski definition) is 8. The maximum absolute atomic E-state index is 14.6. The van der Waals surface area contributed by atoms with Gasteiger partial charge in [0.1, 0.15) is 0 Å². The third kappa shape index (κ3) is 4.56. The van der Waals surface area contributed by atoms with Gasteiger partial charge in [0, 0.05) is 37.1 Å². The van der Waals surface area contributed by atoms with Crippen LogP contribution in [0.25, 0.3) is 0 Å². The Bertz CT molecular complexity index is 1290. The van der Waals surface area contributed by atoms with Crippen molar-refractivity contribution in [2.45, 2.75) is 73.7 Å². The summed E-state index contributed by atoms with van der Waals surface area (Å²) in [6, 6.07) is 3.34. The third-order valence-corrected chi connectivity index (χ3v) is 9.63. The molecule has 4 fully saturated rings. The number of anilines is 2. The Morgan fingerprint density at radius 1 is 0.714 bits per heavy atom. The van der Waals surface area contributed by atoms with Crippen LogP contribution in [0.3, 0.4) is 0 Å². The van der Waals surface area contributed by atoms with E-state index >= 15 is 0 Å². The highest BCUT2D eigenvalue weighted by Gasteiger charge is 2.38. The van der Waals surface area contributed by atoms with Crippen molar-refractivity contribution in [2.24, 2.45) is 0 Å². The molecule has 4 saturated heterocycles. The highest BCUT2D eigenvalue weighted by Crippen LogP contribution is 2.42. The summed E-state index contributed by atoms with van der Waals surface area (Å²) in [6.45, 7) is 6.37. The highest BCUT2D eigenvalue weighted by molar-refractivity contribution is 7.91. The van der Waals surface area contributed by atoms with Crippen molar-refractivity contribution >= 4 is 21.2 Å². The molecule has 4 unspecified atom stereocenters. The van der Waals surface area contributed by atoms with Gasteiger partial charge in [0.25, 0.3) is 0 Å². The maximum Gasteiger partial charge on any atom is 0.207 e. The number of hydrogen-bond donors (Lipinski definition) is 2. The van der Waals surface area contributed by atoms with Gasteiger partial charge < -0.3 is 30.4 Å². The minimum absolute atomic E-state index is 0.00467. The number of nitrogen functional groups attached to an aromatic ring is 2. The van der Waals surface area contributed by atoms with Gasteiger partial charge in [0.05, 0.1) is 60.6 Å². The molecule has 0 radical (unpaired) electrons. The number of nitrogens with two attached hydrogens (primary N) is 2. The van der Waals surface area contributed by atoms with Crippen molar-refractivity contribution in [3.63, 3.8) is 0 Å². The van der Waals surface area contributed by atoms with E-state index < -0.39 is 9.84 Å². The smallest absolute Gasteiger partial charge is 0.207 e. The topological polar surface area (TPSA) is 136 Å². The normalized spacial score (nSPS) is 26.6. The molecule has 0 spiro atoms. The van der Waals surface area contributed by atoms with Gasteiger partial charge in [-0.25, -0.2) is 8.42 Å². The van der Waals surface area contributed by atoms with E-state index in [0.717, 1.165) is 27.8 Å². The van der Waals surface area contributed by atoms with E-state index in [-0.39, 0.29) is 29.3 Å². The van der Waals surface area contributed by atoms with Gasteiger partial charge in [-0.3, -0.25) is 0 Å². The summed E-state index contributed by atoms with van der Waals surface area (Å²) < 4.78 is 51.1. The molecule has 0 bridgehead atoms. The highest BCUT2D eigenvalue weighted by atomic mass is 32.2. The predicted molar refractivity (Wildman–Crippen MR) is 130 cm³/mol. The fourth-order valence-corrected chi connectivity index (χ4v) is 7.23. The molecule has 2 aromatic rings. The molecule has 4 N–H and O–H groups in total. The number of epoxide rings is 4. The van der Waals surface area contributed by atoms with Crippen molar-refractivity contribution in [1.29, 1.82) is 0 Å². The Morgan fingerprint density at radius 3 is 1.69 bits per heavy atom. The fraction of sp³-hybridized carbons (Fsp3) is 0.538. The van der Waals surface area contributed by atoms with E-state index in [4.69, 9.17) is 30.4 Å². The lowest BCUT2D eigenvalue weighted by Gasteiger charge is -2.24. The number of benzene rings is 2. The van der Waals surface area contributed by atoms with Gasteiger partial charge in [-0.2, -0.15) is 0 Å². The average molecular weight is 501 g/mol. The second kappa shape index (κ2) is 8.45. The maximum atomic E-state index is 14.6. The Labute approximate surface area is 205 Å². The molecule has 6 rings (SSSR count). The Morgan fingerprint density at radius 2 is 1.17 bits per heavy atom. The van der Waals surface area contributed by atoms with Crippen LogP contribution in [0.1, 0.15) is 33.4 Å². The van der Waals surface area contributed by atoms with Gasteiger partial charge in [0.15, 0.2) is 0 Å². The van der Waals surface area contributed by atoms with Gasteiger partial charge >= 0.3 is 0 Å². The predicted octanol–water partition coefficient (Wildman–Crippen LogP) is 2.07. The minimum Gasteiger partial charge on any atom is -0.398 e. The van der Waals surface area contributed by atoms with Crippen molar-refractivity contribution in [2.75, 3.05) is 37.9 Å². The Hall–Kier alpha value is -2.17. The summed E-state index contributed by atoms with van der Waals surface area (Å²) in [6.07, 6.45) is 2.43. The monoisotopic (exact) mass is 500 g/mol. The molecule has 8 nitrogen and oxygen atoms in total. The molecular weight excluding hydrogens is 468 g/mol. The second-order valence-corrected chi connectivity index (χ2v) is 12.1. The molecule has 188 valence electrons. The van der Waals surface area contributed by atoms with E-state index in [1.165, 1.54) is 0 Å². The summed E-state index contributed by atoms with van der Waals surface area (Å²) in [4.78, 5) is 0.656. The van der Waals surface area contributed by atoms with E-state index in [0.29, 0.717) is 73.9 Å². The standard InChI is InChI=1S/C26H32N2O6S/c1-13-19(5-15-9-31-15)23(27)3-4-24(13)35(29,30)26-20(6-16-10-32-16)14(2)25(28)21(7-17-11-33-17)22(26)8-18-12-34-18/h3-4,15-18H,5-12,27-28H2,1-2H3. The van der Waals surface area contributed by atoms with Crippen molar-refractivity contribution in [3.05, 3.63) is 45.5 Å². The van der Waals surface area contributed by atoms with Crippen LogP contribution in [0.15, 0.2) is 21.9 Å². The number of ether oxygens (including phenoxy) is 4. The first kappa shape index (κ1) is 23.2. The second-order valence-electron chi connectivity index (χ2n) is 10.2. The van der Waals surface area contributed by atoms with Crippen molar-refractivity contribution in [1.82, 2.24) is 0 Å². The number of sulfone groups is 1. The first-order valence-corrected chi connectivity index (χ1v) is 13.7. The van der Waals surface area contributed by atoms with Gasteiger partial charge in [-0.15, -0.1) is 0 Å². The zero-order valence-electron chi connectivity index (χ0n) is 20.1. The van der Waals surface area contributed by atoms with E-state index in [9.17, 15) is 8.42 Å². The Balaban J connectivity index is 1.56. The lowest BCUT2D eigenvalue weighted by Crippen LogP contribution is -2.20. The van der Waals surface area contributed by atoms with Gasteiger partial charge in [0.2, 0.25) is 9.84 Å². The van der Waals surface area contributed by atoms with Crippen LogP contribution in [0.2, 0.25) is 0 Å². The summed E-state index contributed by atoms with van der Waals surface area (Å²) in [7, 11) is -3.90. The van der Waals surface area contributed by atoms with E-state index in [1.807, 2.05) is 13.8 Å². The van der Waals surface area contributed by atoms with Crippen molar-refractivity contribution < 1.29 is 27.4 Å². The zero-order valence-corrected chi connectivity index (χ0v) is 20.9. The van der Waals surface area contributed by atoms with Crippen LogP contribution >= 0.6 is 0 Å². The SMILES string of the molecule is Cc1c(S(=O)(=O)c2c(CC3CO3)c(C)c(N)c(CC3CO3)c2CC2CO2)ccc(N)c1CC1CO1. The van der Waals surface area contributed by atoms with Crippen LogP contribution in [0.5, 0.6) is 0 Å². The molecule has 4 aliphatic rings. The molecular formula is C26H32N2O6S. The van der Waals surface area contributed by atoms with Crippen LogP contribution in [0, 0.1) is 13.8 Å². The molecule has 0 aliphatic carbocycles. The summed E-state index contributed by atoms with van der Waals surface area (Å²) in [5.74, 6) is 0. The lowest BCUT2D eigenvalue weighted by molar-refractivity contribution is 0.399. The quantitative estimate of drug-likeness (QED) is 0.374. The van der Waals surface area contributed by atoms with Gasteiger partial charge in [-0.05, 0) is 59.4 Å². The molecule has 35 heavy (non-hydrogen) atoms. The molecule has 4 atom stereocenters. The first-order valence-electron chi connectivity index (χ1n) is 12.3. The Kier molecular flexibility index (Phi) is 5.61. The van der Waals surface area contributed by atoms with Crippen LogP contribution in [-0.4, -0.2) is 59.3 Å². The third-order valence-electron chi connectivity index (χ3n) is 7.57. The summed E-state index contributed by atoms with van der Waals surface area (Å²) in [5.41, 5.74) is 18.9. The molecule has 4 heterocycles.